The lowest BCUT2D eigenvalue weighted by molar-refractivity contribution is -0.114. The molecule has 0 bridgehead atoms. The number of hydrogen-bond acceptors (Lipinski definition) is 6. The van der Waals surface area contributed by atoms with Gasteiger partial charge in [-0.25, -0.2) is 4.79 Å². The number of amides is 1. The van der Waals surface area contributed by atoms with Crippen molar-refractivity contribution >= 4 is 29.4 Å². The second kappa shape index (κ2) is 11.1. The molecule has 0 saturated heterocycles. The minimum atomic E-state index is -4.87. The van der Waals surface area contributed by atoms with Gasteiger partial charge in [0.2, 0.25) is 0 Å². The molecule has 0 unspecified atom stereocenters. The molecule has 1 aliphatic heterocycles. The lowest BCUT2D eigenvalue weighted by atomic mass is 10.1. The summed E-state index contributed by atoms with van der Waals surface area (Å²) in [5, 5.41) is 4.21. The Morgan fingerprint density at radius 1 is 1.03 bits per heavy atom. The predicted octanol–water partition coefficient (Wildman–Crippen LogP) is 5.40. The van der Waals surface area contributed by atoms with Crippen molar-refractivity contribution in [3.8, 4) is 11.5 Å². The van der Waals surface area contributed by atoms with Gasteiger partial charge in [0.25, 0.3) is 5.91 Å². The number of carbonyl (C=O) groups excluding carboxylic acids is 2. The number of methoxy groups -OCH3 is 1. The van der Waals surface area contributed by atoms with E-state index in [0.29, 0.717) is 35.1 Å². The molecule has 1 heterocycles. The number of carbonyl (C=O) groups is 2. The molecule has 186 valence electrons. The molecule has 0 radical (unpaired) electrons. The quantitative estimate of drug-likeness (QED) is 0.348. The average Bonchev–Trinajstić information content (AvgIpc) is 3.18. The van der Waals surface area contributed by atoms with E-state index in [1.165, 1.54) is 43.5 Å². The zero-order valence-electron chi connectivity index (χ0n) is 19.5. The molecule has 2 aromatic carbocycles. The van der Waals surface area contributed by atoms with Gasteiger partial charge in [0, 0.05) is 0 Å². The molecule has 0 aliphatic carbocycles. The number of hydrazone groups is 1. The van der Waals surface area contributed by atoms with E-state index in [1.807, 2.05) is 13.8 Å². The van der Waals surface area contributed by atoms with Gasteiger partial charge in [0.1, 0.15) is 0 Å². The molecule has 7 nitrogen and oxygen atoms in total. The fourth-order valence-electron chi connectivity index (χ4n) is 3.22. The zero-order chi connectivity index (χ0) is 25.6. The molecule has 10 heteroatoms. The van der Waals surface area contributed by atoms with Crippen LogP contribution in [0.4, 0.5) is 18.9 Å². The number of anilines is 1. The maximum atomic E-state index is 13.8. The van der Waals surface area contributed by atoms with Gasteiger partial charge in [-0.05, 0) is 60.9 Å². The highest BCUT2D eigenvalue weighted by Crippen LogP contribution is 2.34. The van der Waals surface area contributed by atoms with E-state index in [2.05, 4.69) is 5.10 Å². The Kier molecular flexibility index (Phi) is 8.16. The molecule has 0 atom stereocenters. The smallest absolute Gasteiger partial charge is 0.435 e. The Bertz CT molecular complexity index is 1140. The van der Waals surface area contributed by atoms with Crippen LogP contribution >= 0.6 is 0 Å². The molecule has 0 saturated carbocycles. The van der Waals surface area contributed by atoms with Crippen molar-refractivity contribution < 1.29 is 37.0 Å². The second-order valence-electron chi connectivity index (χ2n) is 7.56. The number of esters is 1. The van der Waals surface area contributed by atoms with Crippen molar-refractivity contribution in [2.24, 2.45) is 5.10 Å². The maximum Gasteiger partial charge on any atom is 0.435 e. The number of ether oxygens (including phenoxy) is 3. The summed E-state index contributed by atoms with van der Waals surface area (Å²) in [7, 11) is 1.41. The van der Waals surface area contributed by atoms with Crippen LogP contribution in [0.2, 0.25) is 0 Å². The number of benzene rings is 2. The van der Waals surface area contributed by atoms with Gasteiger partial charge in [-0.3, -0.25) is 4.79 Å². The van der Waals surface area contributed by atoms with Crippen LogP contribution in [0.5, 0.6) is 11.5 Å². The molecule has 1 aliphatic rings. The summed E-state index contributed by atoms with van der Waals surface area (Å²) < 4.78 is 57.1. The first kappa shape index (κ1) is 25.8. The normalized spacial score (nSPS) is 14.8. The lowest BCUT2D eigenvalue weighted by Crippen LogP contribution is -2.25. The van der Waals surface area contributed by atoms with Crippen LogP contribution in [0, 0.1) is 0 Å². The first-order valence-electron chi connectivity index (χ1n) is 11.0. The summed E-state index contributed by atoms with van der Waals surface area (Å²) in [6.07, 6.45) is -2.34. The minimum Gasteiger partial charge on any atom is -0.493 e. The monoisotopic (exact) mass is 490 g/mol. The molecule has 3 rings (SSSR count). The van der Waals surface area contributed by atoms with E-state index in [-0.39, 0.29) is 17.9 Å². The van der Waals surface area contributed by atoms with E-state index in [1.54, 1.807) is 6.07 Å². The van der Waals surface area contributed by atoms with Crippen LogP contribution in [-0.4, -0.2) is 44.1 Å². The molecule has 2 aromatic rings. The molecule has 0 spiro atoms. The van der Waals surface area contributed by atoms with Crippen LogP contribution in [0.1, 0.15) is 42.6 Å². The second-order valence-corrected chi connectivity index (χ2v) is 7.56. The Morgan fingerprint density at radius 3 is 2.31 bits per heavy atom. The first-order valence-corrected chi connectivity index (χ1v) is 11.0. The van der Waals surface area contributed by atoms with Crippen molar-refractivity contribution in [2.45, 2.75) is 32.9 Å². The van der Waals surface area contributed by atoms with Gasteiger partial charge in [0.05, 0.1) is 37.1 Å². The molecule has 0 fully saturated rings. The lowest BCUT2D eigenvalue weighted by Gasteiger charge is -2.12. The molecule has 35 heavy (non-hydrogen) atoms. The minimum absolute atomic E-state index is 0.0769. The fourth-order valence-corrected chi connectivity index (χ4v) is 3.22. The predicted molar refractivity (Wildman–Crippen MR) is 125 cm³/mol. The van der Waals surface area contributed by atoms with Crippen LogP contribution in [0.25, 0.3) is 6.08 Å². The standard InChI is InChI=1S/C25H25F3N2O5/c1-4-12-34-20-11-6-16(15-21(20)33-3)14-19-22(25(26,27)28)29-30(23(19)31)18-9-7-17(8-10-18)24(32)35-13-5-2/h6-11,14-15H,4-5,12-13H2,1-3H3/b19-14-. The van der Waals surface area contributed by atoms with Gasteiger partial charge >= 0.3 is 12.1 Å². The topological polar surface area (TPSA) is 77.4 Å². The van der Waals surface area contributed by atoms with Gasteiger partial charge in [-0.15, -0.1) is 0 Å². The largest absolute Gasteiger partial charge is 0.493 e. The Hall–Kier alpha value is -3.82. The van der Waals surface area contributed by atoms with E-state index >= 15 is 0 Å². The third kappa shape index (κ3) is 6.00. The summed E-state index contributed by atoms with van der Waals surface area (Å²) in [5.41, 5.74) is -1.34. The van der Waals surface area contributed by atoms with Crippen molar-refractivity contribution in [1.82, 2.24) is 0 Å². The summed E-state index contributed by atoms with van der Waals surface area (Å²) in [4.78, 5) is 25.0. The van der Waals surface area contributed by atoms with Crippen molar-refractivity contribution in [3.63, 3.8) is 0 Å². The average molecular weight is 490 g/mol. The third-order valence-electron chi connectivity index (χ3n) is 4.89. The molecule has 1 amide bonds. The molecular weight excluding hydrogens is 465 g/mol. The molecule has 0 aromatic heterocycles. The highest BCUT2D eigenvalue weighted by molar-refractivity contribution is 6.34. The van der Waals surface area contributed by atoms with Crippen molar-refractivity contribution in [1.29, 1.82) is 0 Å². The van der Waals surface area contributed by atoms with Crippen molar-refractivity contribution in [3.05, 3.63) is 59.2 Å². The van der Waals surface area contributed by atoms with E-state index < -0.39 is 29.3 Å². The number of halogens is 3. The Balaban J connectivity index is 1.93. The Labute approximate surface area is 200 Å². The SMILES string of the molecule is CCCOC(=O)c1ccc(N2N=C(C(F)(F)F)/C(=C/c3ccc(OCCC)c(OC)c3)C2=O)cc1. The molecular formula is C25H25F3N2O5. The third-order valence-corrected chi connectivity index (χ3v) is 4.89. The van der Waals surface area contributed by atoms with Crippen LogP contribution in [-0.2, 0) is 9.53 Å². The summed E-state index contributed by atoms with van der Waals surface area (Å²) in [6, 6.07) is 9.99. The van der Waals surface area contributed by atoms with Crippen LogP contribution in [0.3, 0.4) is 0 Å². The molecule has 0 N–H and O–H groups in total. The highest BCUT2D eigenvalue weighted by Gasteiger charge is 2.46. The number of rotatable bonds is 9. The van der Waals surface area contributed by atoms with Gasteiger partial charge in [-0.1, -0.05) is 19.9 Å². The maximum absolute atomic E-state index is 13.8. The number of nitrogens with zero attached hydrogens (tertiary/aromatic N) is 2. The van der Waals surface area contributed by atoms with Crippen LogP contribution < -0.4 is 14.5 Å². The highest BCUT2D eigenvalue weighted by atomic mass is 19.4. The van der Waals surface area contributed by atoms with E-state index in [9.17, 15) is 22.8 Å². The summed E-state index contributed by atoms with van der Waals surface area (Å²) in [5.74, 6) is -0.750. The van der Waals surface area contributed by atoms with Gasteiger partial charge in [0.15, 0.2) is 17.2 Å². The summed E-state index contributed by atoms with van der Waals surface area (Å²) in [6.45, 7) is 4.48. The van der Waals surface area contributed by atoms with Gasteiger partial charge < -0.3 is 14.2 Å². The number of hydrogen-bond donors (Lipinski definition) is 0. The summed E-state index contributed by atoms with van der Waals surface area (Å²) >= 11 is 0. The van der Waals surface area contributed by atoms with Gasteiger partial charge in [-0.2, -0.15) is 23.3 Å². The zero-order valence-corrected chi connectivity index (χ0v) is 19.5. The van der Waals surface area contributed by atoms with Crippen LogP contribution in [0.15, 0.2) is 53.1 Å². The Morgan fingerprint density at radius 2 is 1.71 bits per heavy atom. The van der Waals surface area contributed by atoms with E-state index in [0.717, 1.165) is 12.5 Å². The van der Waals surface area contributed by atoms with E-state index in [4.69, 9.17) is 14.2 Å². The first-order chi connectivity index (χ1) is 16.7. The number of alkyl halides is 3. The fraction of sp³-hybridized carbons (Fsp3) is 0.320. The van der Waals surface area contributed by atoms with Crippen molar-refractivity contribution in [2.75, 3.05) is 25.3 Å².